The Bertz CT molecular complexity index is 826. The lowest BCUT2D eigenvalue weighted by atomic mass is 9.86. The molecule has 0 aliphatic rings. The molecule has 0 radical (unpaired) electrons. The molecule has 2 rings (SSSR count). The van der Waals surface area contributed by atoms with Crippen molar-refractivity contribution in [3.8, 4) is 17.2 Å². The van der Waals surface area contributed by atoms with Crippen LogP contribution in [0.4, 0.5) is 0 Å². The van der Waals surface area contributed by atoms with Crippen LogP contribution in [0.2, 0.25) is 0 Å². The minimum Gasteiger partial charge on any atom is -0.493 e. The summed E-state index contributed by atoms with van der Waals surface area (Å²) in [5, 5.41) is 4.00. The van der Waals surface area contributed by atoms with Gasteiger partial charge in [-0.05, 0) is 36.1 Å². The number of carbonyl (C=O) groups is 1. The lowest BCUT2D eigenvalue weighted by Crippen LogP contribution is -2.25. The number of rotatable bonds is 8. The van der Waals surface area contributed by atoms with Crippen molar-refractivity contribution < 1.29 is 19.0 Å². The van der Waals surface area contributed by atoms with E-state index in [0.717, 1.165) is 5.56 Å². The van der Waals surface area contributed by atoms with E-state index in [-0.39, 0.29) is 17.9 Å². The largest absolute Gasteiger partial charge is 0.493 e. The Balaban J connectivity index is 1.99. The number of benzene rings is 2. The Hall–Kier alpha value is -3.02. The SMILES string of the molecule is CCOc1c(/C=N/NC(=O)COc2ccccc2C(C)(C)C)cccc1OC. The lowest BCUT2D eigenvalue weighted by Gasteiger charge is -2.22. The van der Waals surface area contributed by atoms with Crippen molar-refractivity contribution in [2.45, 2.75) is 33.1 Å². The number of para-hydroxylation sites is 2. The zero-order chi connectivity index (χ0) is 20.6. The van der Waals surface area contributed by atoms with E-state index < -0.39 is 0 Å². The van der Waals surface area contributed by atoms with Gasteiger partial charge in [-0.3, -0.25) is 4.79 Å². The van der Waals surface area contributed by atoms with E-state index in [1.807, 2.05) is 43.3 Å². The number of nitrogens with zero attached hydrogens (tertiary/aromatic N) is 1. The van der Waals surface area contributed by atoms with Gasteiger partial charge in [0.25, 0.3) is 5.91 Å². The summed E-state index contributed by atoms with van der Waals surface area (Å²) in [5.74, 6) is 1.54. The Morgan fingerprint density at radius 2 is 1.79 bits per heavy atom. The highest BCUT2D eigenvalue weighted by atomic mass is 16.5. The summed E-state index contributed by atoms with van der Waals surface area (Å²) in [4.78, 5) is 12.1. The second-order valence-electron chi connectivity index (χ2n) is 7.14. The van der Waals surface area contributed by atoms with Crippen molar-refractivity contribution in [1.82, 2.24) is 5.43 Å². The van der Waals surface area contributed by atoms with Crippen molar-refractivity contribution in [2.75, 3.05) is 20.3 Å². The molecule has 0 unspecified atom stereocenters. The van der Waals surface area contributed by atoms with Crippen molar-refractivity contribution in [2.24, 2.45) is 5.10 Å². The molecule has 150 valence electrons. The van der Waals surface area contributed by atoms with Crippen LogP contribution in [0.5, 0.6) is 17.2 Å². The summed E-state index contributed by atoms with van der Waals surface area (Å²) >= 11 is 0. The first-order valence-corrected chi connectivity index (χ1v) is 9.20. The van der Waals surface area contributed by atoms with Gasteiger partial charge in [0, 0.05) is 5.56 Å². The van der Waals surface area contributed by atoms with Gasteiger partial charge in [0.1, 0.15) is 5.75 Å². The first-order chi connectivity index (χ1) is 13.4. The predicted molar refractivity (Wildman–Crippen MR) is 111 cm³/mol. The van der Waals surface area contributed by atoms with Crippen LogP contribution in [-0.4, -0.2) is 32.4 Å². The first-order valence-electron chi connectivity index (χ1n) is 9.20. The quantitative estimate of drug-likeness (QED) is 0.553. The highest BCUT2D eigenvalue weighted by molar-refractivity contribution is 5.86. The molecule has 0 aromatic heterocycles. The normalized spacial score (nSPS) is 11.3. The molecule has 28 heavy (non-hydrogen) atoms. The van der Waals surface area contributed by atoms with E-state index in [1.54, 1.807) is 13.2 Å². The molecule has 0 spiro atoms. The maximum atomic E-state index is 12.1. The Morgan fingerprint density at radius 3 is 2.46 bits per heavy atom. The fourth-order valence-corrected chi connectivity index (χ4v) is 2.66. The number of methoxy groups -OCH3 is 1. The summed E-state index contributed by atoms with van der Waals surface area (Å²) in [5.41, 5.74) is 4.15. The van der Waals surface area contributed by atoms with Crippen LogP contribution in [0.25, 0.3) is 0 Å². The maximum Gasteiger partial charge on any atom is 0.277 e. The smallest absolute Gasteiger partial charge is 0.277 e. The van der Waals surface area contributed by atoms with Gasteiger partial charge in [0.2, 0.25) is 0 Å². The molecule has 0 heterocycles. The summed E-state index contributed by atoms with van der Waals surface area (Å²) in [6.45, 7) is 8.56. The molecule has 2 aromatic rings. The van der Waals surface area contributed by atoms with E-state index >= 15 is 0 Å². The van der Waals surface area contributed by atoms with Crippen LogP contribution in [0, 0.1) is 0 Å². The number of amides is 1. The van der Waals surface area contributed by atoms with E-state index in [4.69, 9.17) is 14.2 Å². The molecule has 1 amide bonds. The van der Waals surface area contributed by atoms with Crippen molar-refractivity contribution in [3.63, 3.8) is 0 Å². The van der Waals surface area contributed by atoms with Crippen LogP contribution >= 0.6 is 0 Å². The van der Waals surface area contributed by atoms with Crippen molar-refractivity contribution >= 4 is 12.1 Å². The van der Waals surface area contributed by atoms with Gasteiger partial charge in [-0.25, -0.2) is 5.43 Å². The molecule has 0 bridgehead atoms. The number of hydrogen-bond acceptors (Lipinski definition) is 5. The summed E-state index contributed by atoms with van der Waals surface area (Å²) in [6.07, 6.45) is 1.52. The van der Waals surface area contributed by atoms with E-state index in [0.29, 0.717) is 29.4 Å². The molecular formula is C22H28N2O4. The van der Waals surface area contributed by atoms with Crippen LogP contribution in [0.15, 0.2) is 47.6 Å². The van der Waals surface area contributed by atoms with Gasteiger partial charge in [-0.2, -0.15) is 5.10 Å². The topological polar surface area (TPSA) is 69.2 Å². The van der Waals surface area contributed by atoms with Gasteiger partial charge in [-0.1, -0.05) is 45.0 Å². The third-order valence-electron chi connectivity index (χ3n) is 3.96. The van der Waals surface area contributed by atoms with Gasteiger partial charge in [-0.15, -0.1) is 0 Å². The van der Waals surface area contributed by atoms with E-state index in [1.165, 1.54) is 6.21 Å². The lowest BCUT2D eigenvalue weighted by molar-refractivity contribution is -0.123. The molecule has 0 aliphatic carbocycles. The van der Waals surface area contributed by atoms with Gasteiger partial charge >= 0.3 is 0 Å². The Labute approximate surface area is 166 Å². The zero-order valence-electron chi connectivity index (χ0n) is 17.1. The van der Waals surface area contributed by atoms with Gasteiger partial charge in [0.15, 0.2) is 18.1 Å². The summed E-state index contributed by atoms with van der Waals surface area (Å²) in [6, 6.07) is 13.2. The number of ether oxygens (including phenoxy) is 3. The molecule has 6 nitrogen and oxygen atoms in total. The average Bonchev–Trinajstić information content (AvgIpc) is 2.67. The third kappa shape index (κ3) is 5.74. The zero-order valence-corrected chi connectivity index (χ0v) is 17.1. The van der Waals surface area contributed by atoms with Crippen LogP contribution < -0.4 is 19.6 Å². The molecule has 0 aliphatic heterocycles. The fraction of sp³-hybridized carbons (Fsp3) is 0.364. The van der Waals surface area contributed by atoms with Crippen molar-refractivity contribution in [3.05, 3.63) is 53.6 Å². The molecule has 6 heteroatoms. The second-order valence-corrected chi connectivity index (χ2v) is 7.14. The van der Waals surface area contributed by atoms with Gasteiger partial charge in [0.05, 0.1) is 19.9 Å². The average molecular weight is 384 g/mol. The van der Waals surface area contributed by atoms with Crippen LogP contribution in [0.1, 0.15) is 38.8 Å². The minimum atomic E-state index is -0.346. The van der Waals surface area contributed by atoms with Gasteiger partial charge < -0.3 is 14.2 Å². The molecule has 0 atom stereocenters. The fourth-order valence-electron chi connectivity index (χ4n) is 2.66. The van der Waals surface area contributed by atoms with Crippen LogP contribution in [0.3, 0.4) is 0 Å². The number of hydrogen-bond donors (Lipinski definition) is 1. The monoisotopic (exact) mass is 384 g/mol. The molecular weight excluding hydrogens is 356 g/mol. The number of hydrazone groups is 1. The standard InChI is InChI=1S/C22H28N2O4/c1-6-27-21-16(10-9-13-19(21)26-5)14-23-24-20(25)15-28-18-12-8-7-11-17(18)22(2,3)4/h7-14H,6,15H2,1-5H3,(H,24,25)/b23-14+. The summed E-state index contributed by atoms with van der Waals surface area (Å²) in [7, 11) is 1.58. The van der Waals surface area contributed by atoms with Crippen LogP contribution in [-0.2, 0) is 10.2 Å². The number of carbonyl (C=O) groups excluding carboxylic acids is 1. The molecule has 2 aromatic carbocycles. The van der Waals surface area contributed by atoms with Crippen molar-refractivity contribution in [1.29, 1.82) is 0 Å². The Kier molecular flexibility index (Phi) is 7.44. The summed E-state index contributed by atoms with van der Waals surface area (Å²) < 4.78 is 16.6. The maximum absolute atomic E-state index is 12.1. The number of nitrogens with one attached hydrogen (secondary N) is 1. The molecule has 0 saturated carbocycles. The highest BCUT2D eigenvalue weighted by Gasteiger charge is 2.18. The highest BCUT2D eigenvalue weighted by Crippen LogP contribution is 2.31. The first kappa shape index (κ1) is 21.3. The third-order valence-corrected chi connectivity index (χ3v) is 3.96. The van der Waals surface area contributed by atoms with E-state index in [9.17, 15) is 4.79 Å². The molecule has 0 fully saturated rings. The minimum absolute atomic E-state index is 0.0761. The second kappa shape index (κ2) is 9.78. The Morgan fingerprint density at radius 1 is 1.07 bits per heavy atom. The van der Waals surface area contributed by atoms with E-state index in [2.05, 4.69) is 31.3 Å². The predicted octanol–water partition coefficient (Wildman–Crippen LogP) is 3.92. The molecule has 0 saturated heterocycles. The molecule has 1 N–H and O–H groups in total.